The summed E-state index contributed by atoms with van der Waals surface area (Å²) in [4.78, 5) is 4.43. The van der Waals surface area contributed by atoms with E-state index in [-0.39, 0.29) is 12.2 Å². The van der Waals surface area contributed by atoms with Gasteiger partial charge >= 0.3 is 0 Å². The molecule has 0 aliphatic heterocycles. The molecule has 134 valence electrons. The Kier molecular flexibility index (Phi) is 5.48. The zero-order valence-electron chi connectivity index (χ0n) is 14.3. The van der Waals surface area contributed by atoms with Crippen molar-refractivity contribution in [2.45, 2.75) is 44.3 Å². The SMILES string of the molecule is CCC(CC(C)(C)c1coc(-c2ccc(F)cc2)n1)S(=O)(=O)NC#N. The third-order valence-electron chi connectivity index (χ3n) is 4.11. The summed E-state index contributed by atoms with van der Waals surface area (Å²) in [6, 6.07) is 5.76. The molecule has 0 bridgehead atoms. The molecular formula is C17H20FN3O3S. The highest BCUT2D eigenvalue weighted by molar-refractivity contribution is 7.90. The smallest absolute Gasteiger partial charge is 0.243 e. The Morgan fingerprint density at radius 3 is 2.56 bits per heavy atom. The first-order valence-electron chi connectivity index (χ1n) is 7.81. The number of nitrogens with one attached hydrogen (secondary N) is 1. The van der Waals surface area contributed by atoms with Crippen LogP contribution in [0.5, 0.6) is 0 Å². The van der Waals surface area contributed by atoms with E-state index in [4.69, 9.17) is 9.68 Å². The quantitative estimate of drug-likeness (QED) is 0.600. The van der Waals surface area contributed by atoms with Gasteiger partial charge in [0.2, 0.25) is 15.9 Å². The summed E-state index contributed by atoms with van der Waals surface area (Å²) in [5.74, 6) is -0.00835. The Bertz CT molecular complexity index is 867. The summed E-state index contributed by atoms with van der Waals surface area (Å²) in [6.45, 7) is 5.48. The van der Waals surface area contributed by atoms with Gasteiger partial charge in [-0.2, -0.15) is 5.26 Å². The van der Waals surface area contributed by atoms with E-state index in [1.165, 1.54) is 24.6 Å². The van der Waals surface area contributed by atoms with Crippen molar-refractivity contribution in [3.63, 3.8) is 0 Å². The summed E-state index contributed by atoms with van der Waals surface area (Å²) in [7, 11) is -3.72. The second kappa shape index (κ2) is 7.23. The predicted octanol–water partition coefficient (Wildman–Crippen LogP) is 3.33. The lowest BCUT2D eigenvalue weighted by molar-refractivity contribution is 0.435. The molecule has 1 aromatic carbocycles. The summed E-state index contributed by atoms with van der Waals surface area (Å²) >= 11 is 0. The van der Waals surface area contributed by atoms with Gasteiger partial charge in [0.15, 0.2) is 6.19 Å². The maximum Gasteiger partial charge on any atom is 0.243 e. The second-order valence-corrected chi connectivity index (χ2v) is 8.38. The number of nitrogens with zero attached hydrogens (tertiary/aromatic N) is 2. The molecule has 0 aliphatic rings. The molecule has 25 heavy (non-hydrogen) atoms. The lowest BCUT2D eigenvalue weighted by Gasteiger charge is -2.26. The third-order valence-corrected chi connectivity index (χ3v) is 5.86. The van der Waals surface area contributed by atoms with Crippen LogP contribution in [0.15, 0.2) is 34.9 Å². The van der Waals surface area contributed by atoms with E-state index < -0.39 is 20.7 Å². The lowest BCUT2D eigenvalue weighted by Crippen LogP contribution is -2.36. The van der Waals surface area contributed by atoms with Crippen molar-refractivity contribution >= 4 is 10.0 Å². The van der Waals surface area contributed by atoms with E-state index in [0.29, 0.717) is 23.6 Å². The van der Waals surface area contributed by atoms with Crippen LogP contribution in [-0.2, 0) is 15.4 Å². The van der Waals surface area contributed by atoms with Gasteiger partial charge in [0.05, 0.1) is 10.9 Å². The molecule has 8 heteroatoms. The standard InChI is InChI=1S/C17H20FN3O3S/c1-4-14(25(22,23)20-11-19)9-17(2,3)15-10-24-16(21-15)12-5-7-13(18)8-6-12/h5-8,10,14,20H,4,9H2,1-3H3. The minimum Gasteiger partial charge on any atom is -0.444 e. The van der Waals surface area contributed by atoms with Crippen LogP contribution in [0.4, 0.5) is 4.39 Å². The Morgan fingerprint density at radius 1 is 1.36 bits per heavy atom. The highest BCUT2D eigenvalue weighted by Crippen LogP contribution is 2.32. The first-order chi connectivity index (χ1) is 11.7. The molecule has 2 rings (SSSR count). The molecule has 0 saturated heterocycles. The average molecular weight is 365 g/mol. The second-order valence-electron chi connectivity index (χ2n) is 6.42. The van der Waals surface area contributed by atoms with E-state index >= 15 is 0 Å². The molecule has 1 aromatic heterocycles. The highest BCUT2D eigenvalue weighted by Gasteiger charge is 2.34. The molecular weight excluding hydrogens is 345 g/mol. The fourth-order valence-corrected chi connectivity index (χ4v) is 3.97. The number of aromatic nitrogens is 1. The van der Waals surface area contributed by atoms with Crippen molar-refractivity contribution in [1.82, 2.24) is 9.71 Å². The number of rotatable bonds is 7. The van der Waals surface area contributed by atoms with Crippen molar-refractivity contribution in [2.75, 3.05) is 0 Å². The Morgan fingerprint density at radius 2 is 2.00 bits per heavy atom. The van der Waals surface area contributed by atoms with E-state index in [9.17, 15) is 12.8 Å². The third kappa shape index (κ3) is 4.37. The molecule has 1 N–H and O–H groups in total. The Labute approximate surface area is 146 Å². The largest absolute Gasteiger partial charge is 0.444 e. The normalized spacial score (nSPS) is 13.2. The van der Waals surface area contributed by atoms with E-state index in [0.717, 1.165) is 0 Å². The van der Waals surface area contributed by atoms with Gasteiger partial charge in [-0.3, -0.25) is 0 Å². The number of oxazole rings is 1. The van der Waals surface area contributed by atoms with E-state index in [2.05, 4.69) is 4.98 Å². The summed E-state index contributed by atoms with van der Waals surface area (Å²) < 4.78 is 44.6. The van der Waals surface area contributed by atoms with Crippen LogP contribution in [0.3, 0.4) is 0 Å². The van der Waals surface area contributed by atoms with Gasteiger partial charge < -0.3 is 4.42 Å². The summed E-state index contributed by atoms with van der Waals surface area (Å²) in [6.07, 6.45) is 3.60. The van der Waals surface area contributed by atoms with Crippen molar-refractivity contribution in [3.05, 3.63) is 42.0 Å². The molecule has 0 saturated carbocycles. The van der Waals surface area contributed by atoms with Gasteiger partial charge in [0, 0.05) is 11.0 Å². The van der Waals surface area contributed by atoms with Gasteiger partial charge in [-0.25, -0.2) is 22.5 Å². The molecule has 1 unspecified atom stereocenters. The Hall–Kier alpha value is -2.40. The van der Waals surface area contributed by atoms with E-state index in [1.807, 2.05) is 18.6 Å². The zero-order chi connectivity index (χ0) is 18.7. The van der Waals surface area contributed by atoms with Crippen LogP contribution in [0.2, 0.25) is 0 Å². The van der Waals surface area contributed by atoms with Crippen LogP contribution in [-0.4, -0.2) is 18.7 Å². The number of hydrogen-bond donors (Lipinski definition) is 1. The lowest BCUT2D eigenvalue weighted by atomic mass is 9.84. The molecule has 0 amide bonds. The fraction of sp³-hybridized carbons (Fsp3) is 0.412. The maximum absolute atomic E-state index is 13.0. The van der Waals surface area contributed by atoms with Crippen molar-refractivity contribution in [1.29, 1.82) is 5.26 Å². The van der Waals surface area contributed by atoms with Crippen molar-refractivity contribution < 1.29 is 17.2 Å². The van der Waals surface area contributed by atoms with Gasteiger partial charge in [0.25, 0.3) is 0 Å². The number of sulfonamides is 1. The minimum absolute atomic E-state index is 0.274. The molecule has 0 aliphatic carbocycles. The van der Waals surface area contributed by atoms with Crippen LogP contribution >= 0.6 is 0 Å². The number of halogens is 1. The molecule has 0 spiro atoms. The first-order valence-corrected chi connectivity index (χ1v) is 9.36. The molecule has 6 nitrogen and oxygen atoms in total. The predicted molar refractivity (Wildman–Crippen MR) is 91.3 cm³/mol. The van der Waals surface area contributed by atoms with Gasteiger partial charge in [-0.1, -0.05) is 20.8 Å². The average Bonchev–Trinajstić information content (AvgIpc) is 3.04. The maximum atomic E-state index is 13.0. The van der Waals surface area contributed by atoms with Gasteiger partial charge in [-0.15, -0.1) is 0 Å². The zero-order valence-corrected chi connectivity index (χ0v) is 15.1. The highest BCUT2D eigenvalue weighted by atomic mass is 32.2. The van der Waals surface area contributed by atoms with Crippen LogP contribution in [0.1, 0.15) is 39.3 Å². The molecule has 1 heterocycles. The topological polar surface area (TPSA) is 96.0 Å². The first kappa shape index (κ1) is 18.9. The number of benzene rings is 1. The monoisotopic (exact) mass is 365 g/mol. The van der Waals surface area contributed by atoms with Crippen LogP contribution < -0.4 is 4.72 Å². The number of hydrogen-bond acceptors (Lipinski definition) is 5. The minimum atomic E-state index is -3.72. The Balaban J connectivity index is 2.25. The van der Waals surface area contributed by atoms with Crippen LogP contribution in [0.25, 0.3) is 11.5 Å². The number of nitriles is 1. The molecule has 2 aromatic rings. The van der Waals surface area contributed by atoms with Gasteiger partial charge in [0.1, 0.15) is 12.1 Å². The van der Waals surface area contributed by atoms with Crippen molar-refractivity contribution in [2.24, 2.45) is 0 Å². The molecule has 0 radical (unpaired) electrons. The summed E-state index contributed by atoms with van der Waals surface area (Å²) in [5, 5.41) is 7.89. The molecule has 1 atom stereocenters. The fourth-order valence-electron chi connectivity index (χ4n) is 2.60. The molecule has 0 fully saturated rings. The van der Waals surface area contributed by atoms with Crippen LogP contribution in [0, 0.1) is 17.3 Å². The van der Waals surface area contributed by atoms with Crippen molar-refractivity contribution in [3.8, 4) is 17.6 Å². The summed E-state index contributed by atoms with van der Waals surface area (Å²) in [5.41, 5.74) is 0.638. The van der Waals surface area contributed by atoms with E-state index in [1.54, 1.807) is 19.1 Å². The van der Waals surface area contributed by atoms with Gasteiger partial charge in [-0.05, 0) is 37.1 Å².